The lowest BCUT2D eigenvalue weighted by atomic mass is 9.38. The molecule has 3 fully saturated rings. The monoisotopic (exact) mass is 467 g/mol. The van der Waals surface area contributed by atoms with Crippen LogP contribution in [0.25, 0.3) is 0 Å². The molecule has 5 nitrogen and oxygen atoms in total. The van der Waals surface area contributed by atoms with Crippen molar-refractivity contribution in [1.29, 1.82) is 0 Å². The number of carbonyl (C=O) groups is 1. The molecule has 2 atom stereocenters. The van der Waals surface area contributed by atoms with E-state index in [1.54, 1.807) is 17.0 Å². The van der Waals surface area contributed by atoms with Crippen molar-refractivity contribution in [1.82, 2.24) is 4.90 Å². The van der Waals surface area contributed by atoms with E-state index in [9.17, 15) is 18.0 Å². The van der Waals surface area contributed by atoms with Gasteiger partial charge in [0.2, 0.25) is 0 Å². The van der Waals surface area contributed by atoms with Gasteiger partial charge in [0.25, 0.3) is 0 Å². The highest BCUT2D eigenvalue weighted by molar-refractivity contribution is 6.48. The fourth-order valence-corrected chi connectivity index (χ4v) is 5.23. The van der Waals surface area contributed by atoms with Crippen LogP contribution in [0.3, 0.4) is 0 Å². The standard InChI is InChI=1S/C24H33BF3NO4/c1-20(2,3)31-19(30)29-13-23(14-29)12-17(15-8-10-16(11-9-15)24(26,27)28)18(23)25-32-21(4,5)22(6,7)33-25/h8-11,17-18H,12-14H2,1-7H3. The Morgan fingerprint density at radius 2 is 1.55 bits per heavy atom. The molecule has 1 aliphatic carbocycles. The number of ether oxygens (including phenoxy) is 1. The van der Waals surface area contributed by atoms with Crippen molar-refractivity contribution in [3.05, 3.63) is 35.4 Å². The number of halogens is 3. The Kier molecular flexibility index (Phi) is 5.45. The molecule has 2 unspecified atom stereocenters. The smallest absolute Gasteiger partial charge is 0.444 e. The fraction of sp³-hybridized carbons (Fsp3) is 0.708. The van der Waals surface area contributed by atoms with E-state index in [-0.39, 0.29) is 23.2 Å². The zero-order valence-corrected chi connectivity index (χ0v) is 20.4. The molecule has 2 aliphatic heterocycles. The largest absolute Gasteiger partial charge is 0.462 e. The second kappa shape index (κ2) is 7.38. The maximum Gasteiger partial charge on any atom is 0.462 e. The van der Waals surface area contributed by atoms with Gasteiger partial charge in [0.05, 0.1) is 16.8 Å². The van der Waals surface area contributed by atoms with E-state index in [4.69, 9.17) is 14.0 Å². The minimum atomic E-state index is -4.37. The molecule has 2 heterocycles. The summed E-state index contributed by atoms with van der Waals surface area (Å²) in [4.78, 5) is 14.2. The maximum absolute atomic E-state index is 13.0. The molecule has 33 heavy (non-hydrogen) atoms. The van der Waals surface area contributed by atoms with Gasteiger partial charge < -0.3 is 18.9 Å². The molecule has 1 aromatic carbocycles. The van der Waals surface area contributed by atoms with Crippen molar-refractivity contribution in [2.24, 2.45) is 5.41 Å². The van der Waals surface area contributed by atoms with E-state index in [0.29, 0.717) is 13.1 Å². The van der Waals surface area contributed by atoms with Crippen molar-refractivity contribution in [2.75, 3.05) is 13.1 Å². The molecule has 9 heteroatoms. The number of benzene rings is 1. The van der Waals surface area contributed by atoms with Crippen molar-refractivity contribution < 1.29 is 32.0 Å². The summed E-state index contributed by atoms with van der Waals surface area (Å²) < 4.78 is 57.4. The van der Waals surface area contributed by atoms with Gasteiger partial charge in [-0.25, -0.2) is 4.79 Å². The Labute approximate surface area is 194 Å². The van der Waals surface area contributed by atoms with Crippen LogP contribution >= 0.6 is 0 Å². The van der Waals surface area contributed by atoms with E-state index in [1.807, 2.05) is 48.5 Å². The average molecular weight is 467 g/mol. The zero-order valence-electron chi connectivity index (χ0n) is 20.4. The summed E-state index contributed by atoms with van der Waals surface area (Å²) in [6.45, 7) is 14.5. The van der Waals surface area contributed by atoms with Crippen LogP contribution in [0.15, 0.2) is 24.3 Å². The van der Waals surface area contributed by atoms with Gasteiger partial charge in [-0.05, 0) is 78.5 Å². The van der Waals surface area contributed by atoms with E-state index in [2.05, 4.69) is 0 Å². The number of carbonyl (C=O) groups excluding carboxylic acids is 1. The molecular weight excluding hydrogens is 434 g/mol. The number of rotatable bonds is 2. The normalized spacial score (nSPS) is 27.8. The van der Waals surface area contributed by atoms with Crippen LogP contribution in [0, 0.1) is 5.41 Å². The topological polar surface area (TPSA) is 48.0 Å². The quantitative estimate of drug-likeness (QED) is 0.509. The third kappa shape index (κ3) is 4.27. The number of amides is 1. The molecule has 1 amide bonds. The fourth-order valence-electron chi connectivity index (χ4n) is 5.23. The number of alkyl halides is 3. The molecule has 182 valence electrons. The summed E-state index contributed by atoms with van der Waals surface area (Å²) in [6, 6.07) is 5.39. The van der Waals surface area contributed by atoms with Gasteiger partial charge in [-0.15, -0.1) is 0 Å². The first-order valence-corrected chi connectivity index (χ1v) is 11.4. The summed E-state index contributed by atoms with van der Waals surface area (Å²) in [7, 11) is -0.503. The molecule has 1 spiro atoms. The minimum absolute atomic E-state index is 0.0113. The summed E-state index contributed by atoms with van der Waals surface area (Å²) in [5.74, 6) is -0.0863. The van der Waals surface area contributed by atoms with Crippen molar-refractivity contribution in [3.8, 4) is 0 Å². The maximum atomic E-state index is 13.0. The molecule has 0 N–H and O–H groups in total. The van der Waals surface area contributed by atoms with E-state index < -0.39 is 35.7 Å². The Balaban J connectivity index is 1.56. The van der Waals surface area contributed by atoms with E-state index in [1.165, 1.54) is 0 Å². The molecule has 2 saturated heterocycles. The Bertz CT molecular complexity index is 901. The predicted octanol–water partition coefficient (Wildman–Crippen LogP) is 5.89. The SMILES string of the molecule is CC(C)(C)OC(=O)N1CC2(CC(c3ccc(C(F)(F)F)cc3)C2B2OC(C)(C)C(C)(C)O2)C1. The highest BCUT2D eigenvalue weighted by Crippen LogP contribution is 2.67. The van der Waals surface area contributed by atoms with Crippen LogP contribution in [-0.4, -0.2) is 48.0 Å². The van der Waals surface area contributed by atoms with Crippen LogP contribution in [0.2, 0.25) is 5.82 Å². The molecule has 1 aromatic rings. The number of likely N-dealkylation sites (tertiary alicyclic amines) is 1. The van der Waals surface area contributed by atoms with Crippen molar-refractivity contribution >= 4 is 13.2 Å². The van der Waals surface area contributed by atoms with Crippen molar-refractivity contribution in [2.45, 2.75) is 89.6 Å². The second-order valence-electron chi connectivity index (χ2n) is 11.8. The summed E-state index contributed by atoms with van der Waals surface area (Å²) in [5.41, 5.74) is -1.64. The minimum Gasteiger partial charge on any atom is -0.444 e. The highest BCUT2D eigenvalue weighted by Gasteiger charge is 2.69. The number of hydrogen-bond donors (Lipinski definition) is 0. The summed E-state index contributed by atoms with van der Waals surface area (Å²) in [6.07, 6.45) is -3.96. The molecule has 1 saturated carbocycles. The lowest BCUT2D eigenvalue weighted by molar-refractivity contribution is -0.137. The second-order valence-corrected chi connectivity index (χ2v) is 11.8. The molecule has 4 rings (SSSR count). The third-order valence-electron chi connectivity index (χ3n) is 7.66. The van der Waals surface area contributed by atoms with E-state index in [0.717, 1.165) is 24.1 Å². The third-order valence-corrected chi connectivity index (χ3v) is 7.66. The molecule has 0 bridgehead atoms. The van der Waals surface area contributed by atoms with Crippen LogP contribution < -0.4 is 0 Å². The van der Waals surface area contributed by atoms with Gasteiger partial charge >= 0.3 is 19.4 Å². The molecule has 0 radical (unpaired) electrons. The highest BCUT2D eigenvalue weighted by atomic mass is 19.4. The first-order chi connectivity index (χ1) is 14.9. The van der Waals surface area contributed by atoms with Gasteiger partial charge in [0.1, 0.15) is 5.60 Å². The van der Waals surface area contributed by atoms with Crippen LogP contribution in [0.4, 0.5) is 18.0 Å². The average Bonchev–Trinajstić information content (AvgIpc) is 2.77. The first-order valence-electron chi connectivity index (χ1n) is 11.4. The van der Waals surface area contributed by atoms with Crippen LogP contribution in [0.1, 0.15) is 71.9 Å². The van der Waals surface area contributed by atoms with Gasteiger partial charge in [0.15, 0.2) is 0 Å². The van der Waals surface area contributed by atoms with Gasteiger partial charge in [-0.3, -0.25) is 0 Å². The van der Waals surface area contributed by atoms with Gasteiger partial charge in [-0.1, -0.05) is 12.1 Å². The Hall–Kier alpha value is -1.74. The molecule has 3 aliphatic rings. The van der Waals surface area contributed by atoms with Gasteiger partial charge in [-0.2, -0.15) is 13.2 Å². The van der Waals surface area contributed by atoms with Crippen LogP contribution in [0.5, 0.6) is 0 Å². The first kappa shape index (κ1) is 24.4. The Morgan fingerprint density at radius 3 is 2.00 bits per heavy atom. The Morgan fingerprint density at radius 1 is 1.03 bits per heavy atom. The van der Waals surface area contributed by atoms with Crippen molar-refractivity contribution in [3.63, 3.8) is 0 Å². The van der Waals surface area contributed by atoms with E-state index >= 15 is 0 Å². The number of nitrogens with zero attached hydrogens (tertiary/aromatic N) is 1. The van der Waals surface area contributed by atoms with Crippen LogP contribution in [-0.2, 0) is 20.2 Å². The van der Waals surface area contributed by atoms with Gasteiger partial charge in [0, 0.05) is 24.3 Å². The zero-order chi connectivity index (χ0) is 24.6. The summed E-state index contributed by atoms with van der Waals surface area (Å²) in [5, 5.41) is 0. The number of hydrogen-bond acceptors (Lipinski definition) is 4. The summed E-state index contributed by atoms with van der Waals surface area (Å²) >= 11 is 0. The predicted molar refractivity (Wildman–Crippen MR) is 119 cm³/mol. The molecule has 0 aromatic heterocycles. The molecular formula is C24H33BF3NO4. The lowest BCUT2D eigenvalue weighted by Gasteiger charge is -2.64. The lowest BCUT2D eigenvalue weighted by Crippen LogP contribution is -2.69.